The van der Waals surface area contributed by atoms with Crippen molar-refractivity contribution in [2.75, 3.05) is 30.9 Å². The molecule has 1 aliphatic heterocycles. The molecule has 29 heavy (non-hydrogen) atoms. The lowest BCUT2D eigenvalue weighted by Crippen LogP contribution is -2.30. The second-order valence-electron chi connectivity index (χ2n) is 7.17. The van der Waals surface area contributed by atoms with Crippen molar-refractivity contribution in [3.05, 3.63) is 54.1 Å². The number of rotatable bonds is 5. The summed E-state index contributed by atoms with van der Waals surface area (Å²) in [7, 11) is 0.128. The van der Waals surface area contributed by atoms with E-state index >= 15 is 0 Å². The molecule has 1 aliphatic rings. The molecule has 0 spiro atoms. The Morgan fingerprint density at radius 3 is 2.52 bits per heavy atom. The number of carbonyl (C=O) groups is 1. The van der Waals surface area contributed by atoms with Gasteiger partial charge in [0, 0.05) is 44.0 Å². The van der Waals surface area contributed by atoms with Gasteiger partial charge in [0.2, 0.25) is 0 Å². The summed E-state index contributed by atoms with van der Waals surface area (Å²) in [6.07, 6.45) is 3.61. The van der Waals surface area contributed by atoms with Crippen LogP contribution in [-0.4, -0.2) is 40.8 Å². The lowest BCUT2D eigenvalue weighted by Gasteiger charge is -2.14. The second kappa shape index (κ2) is 9.09. The Morgan fingerprint density at radius 2 is 1.79 bits per heavy atom. The van der Waals surface area contributed by atoms with Gasteiger partial charge in [-0.2, -0.15) is 0 Å². The molecule has 2 aromatic carbocycles. The molecule has 0 atom stereocenters. The molecular weight excluding hydrogens is 388 g/mol. The van der Waals surface area contributed by atoms with E-state index in [9.17, 15) is 13.2 Å². The smallest absolute Gasteiger partial charge is 0.262 e. The Kier molecular flexibility index (Phi) is 6.53. The van der Waals surface area contributed by atoms with Crippen molar-refractivity contribution in [1.82, 2.24) is 4.72 Å². The third-order valence-corrected chi connectivity index (χ3v) is 6.07. The van der Waals surface area contributed by atoms with Crippen molar-refractivity contribution in [2.45, 2.75) is 30.6 Å². The Bertz CT molecular complexity index is 999. The number of nitrogens with zero attached hydrogens (tertiary/aromatic N) is 2. The molecule has 3 rings (SSSR count). The summed E-state index contributed by atoms with van der Waals surface area (Å²) in [4.78, 5) is 18.9. The minimum absolute atomic E-state index is 0.136. The second-order valence-corrected chi connectivity index (χ2v) is 8.85. The van der Waals surface area contributed by atoms with Gasteiger partial charge in [0.15, 0.2) is 0 Å². The van der Waals surface area contributed by atoms with Gasteiger partial charge in [-0.3, -0.25) is 14.5 Å². The minimum atomic E-state index is -3.69. The van der Waals surface area contributed by atoms with Crippen LogP contribution in [0.3, 0.4) is 0 Å². The van der Waals surface area contributed by atoms with Gasteiger partial charge < -0.3 is 10.2 Å². The summed E-state index contributed by atoms with van der Waals surface area (Å²) in [5.41, 5.74) is 1.98. The van der Waals surface area contributed by atoms with Gasteiger partial charge in [0.05, 0.1) is 4.90 Å². The van der Waals surface area contributed by atoms with Crippen LogP contribution >= 0.6 is 0 Å². The highest BCUT2D eigenvalue weighted by atomic mass is 32.2. The summed E-state index contributed by atoms with van der Waals surface area (Å²) in [6.45, 7) is 0.651. The van der Waals surface area contributed by atoms with Gasteiger partial charge in [-0.25, -0.2) is 8.42 Å². The Balaban J connectivity index is 1.68. The number of hydrogen-bond acceptors (Lipinski definition) is 5. The molecule has 0 fully saturated rings. The van der Waals surface area contributed by atoms with E-state index in [0.717, 1.165) is 24.9 Å². The summed E-state index contributed by atoms with van der Waals surface area (Å²) in [5, 5.41) is 2.80. The molecule has 7 nitrogen and oxygen atoms in total. The zero-order chi connectivity index (χ0) is 20.9. The number of anilines is 2. The van der Waals surface area contributed by atoms with Gasteiger partial charge in [0.25, 0.3) is 15.9 Å². The predicted molar refractivity (Wildman–Crippen MR) is 116 cm³/mol. The molecule has 154 valence electrons. The van der Waals surface area contributed by atoms with Gasteiger partial charge in [0.1, 0.15) is 5.84 Å². The van der Waals surface area contributed by atoms with Crippen molar-refractivity contribution >= 4 is 33.1 Å². The number of amidine groups is 1. The van der Waals surface area contributed by atoms with Crippen LogP contribution in [0.5, 0.6) is 0 Å². The Morgan fingerprint density at radius 1 is 1.03 bits per heavy atom. The zero-order valence-corrected chi connectivity index (χ0v) is 17.5. The molecule has 1 heterocycles. The van der Waals surface area contributed by atoms with Crippen LogP contribution in [0.15, 0.2) is 58.4 Å². The quantitative estimate of drug-likeness (QED) is 0.786. The first-order valence-corrected chi connectivity index (χ1v) is 11.1. The largest absolute Gasteiger partial charge is 0.378 e. The lowest BCUT2D eigenvalue weighted by molar-refractivity contribution is 0.102. The third kappa shape index (κ3) is 5.57. The maximum absolute atomic E-state index is 12.6. The van der Waals surface area contributed by atoms with Crippen molar-refractivity contribution < 1.29 is 13.2 Å². The number of sulfonamides is 1. The fourth-order valence-corrected chi connectivity index (χ4v) is 4.11. The van der Waals surface area contributed by atoms with E-state index < -0.39 is 10.0 Å². The molecule has 2 N–H and O–H groups in total. The molecule has 0 aliphatic carbocycles. The van der Waals surface area contributed by atoms with E-state index in [1.54, 1.807) is 24.3 Å². The summed E-state index contributed by atoms with van der Waals surface area (Å²) in [6, 6.07) is 13.4. The fraction of sp³-hybridized carbons (Fsp3) is 0.333. The summed E-state index contributed by atoms with van der Waals surface area (Å²) < 4.78 is 27.8. The fourth-order valence-electron chi connectivity index (χ4n) is 3.02. The molecule has 0 saturated carbocycles. The number of carbonyl (C=O) groups excluding carboxylic acids is 1. The molecular formula is C21H26N4O3S. The van der Waals surface area contributed by atoms with Gasteiger partial charge >= 0.3 is 0 Å². The van der Waals surface area contributed by atoms with Crippen molar-refractivity contribution in [3.8, 4) is 0 Å². The van der Waals surface area contributed by atoms with Gasteiger partial charge in [-0.15, -0.1) is 0 Å². The van der Waals surface area contributed by atoms with E-state index in [2.05, 4.69) is 15.0 Å². The maximum Gasteiger partial charge on any atom is 0.262 e. The Hall–Kier alpha value is -2.87. The highest BCUT2D eigenvalue weighted by Gasteiger charge is 2.17. The highest BCUT2D eigenvalue weighted by Crippen LogP contribution is 2.18. The predicted octanol–water partition coefficient (Wildman–Crippen LogP) is 3.26. The van der Waals surface area contributed by atoms with E-state index in [1.165, 1.54) is 12.1 Å². The summed E-state index contributed by atoms with van der Waals surface area (Å²) >= 11 is 0. The molecule has 8 heteroatoms. The highest BCUT2D eigenvalue weighted by molar-refractivity contribution is 7.90. The topological polar surface area (TPSA) is 90.9 Å². The number of amides is 1. The monoisotopic (exact) mass is 414 g/mol. The van der Waals surface area contributed by atoms with Gasteiger partial charge in [-0.1, -0.05) is 12.5 Å². The van der Waals surface area contributed by atoms with Crippen LogP contribution in [0.25, 0.3) is 0 Å². The van der Waals surface area contributed by atoms with Crippen LogP contribution in [0.1, 0.15) is 36.0 Å². The van der Waals surface area contributed by atoms with Crippen molar-refractivity contribution in [2.24, 2.45) is 4.99 Å². The number of aliphatic imine (C=N–C) groups is 1. The van der Waals surface area contributed by atoms with Crippen molar-refractivity contribution in [1.29, 1.82) is 0 Å². The van der Waals surface area contributed by atoms with E-state index in [4.69, 9.17) is 0 Å². The normalized spacial score (nSPS) is 14.5. The standard InChI is InChI=1S/C21H26N4O3S/c1-25(2)18-8-6-7-16(15-18)21(26)23-17-10-12-19(13-11-17)29(27,28)24-20-9-4-3-5-14-22-20/h6-8,10-13,15H,3-5,9,14H2,1-2H3,(H,22,24)(H,23,26). The first-order valence-electron chi connectivity index (χ1n) is 9.60. The molecule has 0 saturated heterocycles. The maximum atomic E-state index is 12.6. The average molecular weight is 415 g/mol. The number of benzene rings is 2. The van der Waals surface area contributed by atoms with Crippen LogP contribution < -0.4 is 14.9 Å². The number of nitrogens with one attached hydrogen (secondary N) is 2. The number of hydrogen-bond donors (Lipinski definition) is 2. The first kappa shape index (κ1) is 20.9. The molecule has 0 bridgehead atoms. The summed E-state index contributed by atoms with van der Waals surface area (Å²) in [5.74, 6) is 0.260. The first-order chi connectivity index (χ1) is 13.8. The van der Waals surface area contributed by atoms with Crippen LogP contribution in [0.4, 0.5) is 11.4 Å². The van der Waals surface area contributed by atoms with Crippen molar-refractivity contribution in [3.63, 3.8) is 0 Å². The average Bonchev–Trinajstić information content (AvgIpc) is 2.96. The lowest BCUT2D eigenvalue weighted by atomic mass is 10.1. The van der Waals surface area contributed by atoms with Crippen LogP contribution in [-0.2, 0) is 10.0 Å². The van der Waals surface area contributed by atoms with Crippen LogP contribution in [0.2, 0.25) is 0 Å². The molecule has 1 amide bonds. The van der Waals surface area contributed by atoms with E-state index in [0.29, 0.717) is 30.1 Å². The zero-order valence-electron chi connectivity index (χ0n) is 16.7. The molecule has 2 aromatic rings. The molecule has 0 radical (unpaired) electrons. The Labute approximate surface area is 171 Å². The van der Waals surface area contributed by atoms with Gasteiger partial charge in [-0.05, 0) is 55.3 Å². The van der Waals surface area contributed by atoms with E-state index in [1.807, 2.05) is 31.1 Å². The molecule has 0 unspecified atom stereocenters. The minimum Gasteiger partial charge on any atom is -0.378 e. The van der Waals surface area contributed by atoms with E-state index in [-0.39, 0.29) is 10.8 Å². The molecule has 0 aromatic heterocycles. The third-order valence-electron chi connectivity index (χ3n) is 4.67. The SMILES string of the molecule is CN(C)c1cccc(C(=O)Nc2ccc(S(=O)(=O)NC3=NCCCCC3)cc2)c1. The van der Waals surface area contributed by atoms with Crippen LogP contribution in [0, 0.1) is 0 Å².